The van der Waals surface area contributed by atoms with Crippen LogP contribution in [0.2, 0.25) is 0 Å². The highest BCUT2D eigenvalue weighted by Crippen LogP contribution is 2.27. The fraction of sp³-hybridized carbons (Fsp3) is 0.400. The van der Waals surface area contributed by atoms with Crippen molar-refractivity contribution in [2.24, 2.45) is 4.99 Å². The molecule has 4 N–H and O–H groups in total. The lowest BCUT2D eigenvalue weighted by Crippen LogP contribution is -2.87. The maximum atomic E-state index is 13.3. The molecule has 3 rings (SSSR count). The van der Waals surface area contributed by atoms with Gasteiger partial charge in [-0.1, -0.05) is 42.4 Å². The Balaban J connectivity index is 0.000000745. The number of sulfonamides is 1. The van der Waals surface area contributed by atoms with E-state index in [1.165, 1.54) is 6.92 Å². The van der Waals surface area contributed by atoms with Crippen molar-refractivity contribution >= 4 is 55.7 Å². The molecule has 1 atom stereocenters. The van der Waals surface area contributed by atoms with Crippen LogP contribution in [0.1, 0.15) is 57.2 Å². The van der Waals surface area contributed by atoms with E-state index in [9.17, 15) is 31.2 Å². The van der Waals surface area contributed by atoms with E-state index in [1.807, 2.05) is 35.6 Å². The van der Waals surface area contributed by atoms with Gasteiger partial charge in [-0.15, -0.1) is 0 Å². The number of carboxylic acids is 1. The topological polar surface area (TPSA) is 174 Å². The summed E-state index contributed by atoms with van der Waals surface area (Å²) in [6.07, 6.45) is -0.0574. The molecule has 0 radical (unpaired) electrons. The van der Waals surface area contributed by atoms with Crippen LogP contribution in [-0.4, -0.2) is 49.1 Å². The van der Waals surface area contributed by atoms with E-state index >= 15 is 0 Å². The third-order valence-electron chi connectivity index (χ3n) is 5.45. The van der Waals surface area contributed by atoms with Crippen LogP contribution in [0.4, 0.5) is 18.3 Å². The number of anilines is 1. The number of ketones is 1. The van der Waals surface area contributed by atoms with Gasteiger partial charge in [-0.3, -0.25) is 10.1 Å². The number of aromatic nitrogens is 1. The molecular weight excluding hydrogens is 587 g/mol. The normalized spacial score (nSPS) is 13.9. The number of quaternary nitrogens is 1. The lowest BCUT2D eigenvalue weighted by atomic mass is 10.1. The first-order valence-electron chi connectivity index (χ1n) is 12.3. The van der Waals surface area contributed by atoms with E-state index in [1.54, 1.807) is 20.0 Å². The van der Waals surface area contributed by atoms with Gasteiger partial charge in [-0.2, -0.15) is 17.9 Å². The molecule has 0 bridgehead atoms. The van der Waals surface area contributed by atoms with Crippen molar-refractivity contribution in [3.05, 3.63) is 47.8 Å². The number of halogens is 3. The van der Waals surface area contributed by atoms with E-state index in [2.05, 4.69) is 20.0 Å². The van der Waals surface area contributed by atoms with Crippen LogP contribution in [0, 0.1) is 6.92 Å². The Morgan fingerprint density at radius 3 is 2.29 bits per heavy atom. The van der Waals surface area contributed by atoms with Gasteiger partial charge in [0, 0.05) is 18.9 Å². The molecule has 0 aliphatic carbocycles. The highest BCUT2D eigenvalue weighted by molar-refractivity contribution is 7.91. The molecule has 0 unspecified atom stereocenters. The minimum absolute atomic E-state index is 0.0627. The molecule has 1 aromatic heterocycles. The number of aliphatic imine (C=N–C) groups is 1. The molecule has 1 amide bonds. The monoisotopic (exact) mass is 617 g/mol. The van der Waals surface area contributed by atoms with Crippen molar-refractivity contribution in [2.75, 3.05) is 5.32 Å². The number of rotatable bonds is 12. The Bertz CT molecular complexity index is 1410. The number of aryl methyl sites for hydroxylation is 1. The Kier molecular flexibility index (Phi) is 12.3. The Labute approximate surface area is 239 Å². The summed E-state index contributed by atoms with van der Waals surface area (Å²) in [7, 11) is -3.90. The standard InChI is InChI=1S/C23H29N5O4S2.C2HF3O2/c1-15(29)10-6-4-9-13-19(21-24-14-20(27-21)18-11-7-5-8-12-18)28-34(31,32)22-16(2)25-23(33-22)26-17(3)30;3-2(4,5)1(6)7/h5,7-8,11-12,14,19,28H,4,6,9-10,13H2,1-3H3,(H,24,27)(H,25,26,30);(H,6,7)/t19-;/m0./s1. The zero-order valence-electron chi connectivity index (χ0n) is 22.4. The van der Waals surface area contributed by atoms with E-state index in [4.69, 9.17) is 9.90 Å². The maximum absolute atomic E-state index is 13.3. The first-order chi connectivity index (χ1) is 19.1. The third kappa shape index (κ3) is 11.1. The van der Waals surface area contributed by atoms with E-state index in [0.29, 0.717) is 24.4 Å². The van der Waals surface area contributed by atoms with Gasteiger partial charge in [0.05, 0.1) is 11.9 Å². The summed E-state index contributed by atoms with van der Waals surface area (Å²) >= 11 is 0.918. The van der Waals surface area contributed by atoms with Crippen LogP contribution in [0.5, 0.6) is 0 Å². The number of carboxylic acid groups (broad SMARTS) is 1. The first kappa shape index (κ1) is 33.7. The van der Waals surface area contributed by atoms with Crippen LogP contribution in [-0.2, 0) is 24.4 Å². The molecule has 1 aromatic carbocycles. The number of hydrogen-bond donors (Lipinski definition) is 3. The summed E-state index contributed by atoms with van der Waals surface area (Å²) in [5, 5.41) is 13.5. The molecule has 224 valence electrons. The van der Waals surface area contributed by atoms with Gasteiger partial charge in [0.1, 0.15) is 17.8 Å². The predicted molar refractivity (Wildman–Crippen MR) is 144 cm³/mol. The third-order valence-corrected chi connectivity index (χ3v) is 8.61. The molecule has 0 spiro atoms. The Morgan fingerprint density at radius 2 is 1.73 bits per heavy atom. The number of alkyl halides is 3. The molecule has 11 nitrogen and oxygen atoms in total. The molecule has 1 aliphatic rings. The van der Waals surface area contributed by atoms with Crippen molar-refractivity contribution in [1.29, 1.82) is 0 Å². The van der Waals surface area contributed by atoms with Crippen molar-refractivity contribution in [1.82, 2.24) is 9.71 Å². The fourth-order valence-electron chi connectivity index (χ4n) is 3.60. The van der Waals surface area contributed by atoms with Gasteiger partial charge < -0.3 is 20.0 Å². The molecule has 2 aromatic rings. The number of nitrogens with two attached hydrogens (primary N) is 1. The molecular formula is C25H30F3N5O6S2. The fourth-order valence-corrected chi connectivity index (χ4v) is 6.32. The average Bonchev–Trinajstić information content (AvgIpc) is 3.50. The lowest BCUT2D eigenvalue weighted by molar-refractivity contribution is -0.434. The smallest absolute Gasteiger partial charge is 0.430 e. The number of aliphatic carboxylic acids is 1. The number of amides is 1. The molecule has 2 heterocycles. The first-order valence-corrected chi connectivity index (χ1v) is 14.6. The van der Waals surface area contributed by atoms with Gasteiger partial charge in [-0.25, -0.2) is 18.4 Å². The number of unbranched alkanes of at least 4 members (excludes halogenated alkanes) is 2. The highest BCUT2D eigenvalue weighted by Gasteiger charge is 2.32. The molecule has 16 heteroatoms. The number of carbonyl (C=O) groups is 3. The summed E-state index contributed by atoms with van der Waals surface area (Å²) in [5.74, 6) is -2.53. The van der Waals surface area contributed by atoms with E-state index in [-0.39, 0.29) is 21.0 Å². The van der Waals surface area contributed by atoms with Crippen molar-refractivity contribution < 1.29 is 46.4 Å². The predicted octanol–water partition coefficient (Wildman–Crippen LogP) is 1.87. The molecule has 41 heavy (non-hydrogen) atoms. The zero-order valence-corrected chi connectivity index (χ0v) is 24.1. The Morgan fingerprint density at radius 1 is 1.10 bits per heavy atom. The number of amidine groups is 1. The zero-order chi connectivity index (χ0) is 30.8. The summed E-state index contributed by atoms with van der Waals surface area (Å²) in [6.45, 7) is 4.51. The van der Waals surface area contributed by atoms with E-state index in [0.717, 1.165) is 41.9 Å². The van der Waals surface area contributed by atoms with Crippen molar-refractivity contribution in [2.45, 2.75) is 69.3 Å². The van der Waals surface area contributed by atoms with Gasteiger partial charge in [0.25, 0.3) is 10.0 Å². The van der Waals surface area contributed by atoms with E-state index < -0.39 is 28.2 Å². The largest absolute Gasteiger partial charge is 0.542 e. The maximum Gasteiger partial charge on any atom is 0.430 e. The summed E-state index contributed by atoms with van der Waals surface area (Å²) in [5.41, 5.74) is 2.24. The van der Waals surface area contributed by atoms with Crippen LogP contribution in [0.25, 0.3) is 5.70 Å². The minimum Gasteiger partial charge on any atom is -0.542 e. The van der Waals surface area contributed by atoms with Crippen LogP contribution < -0.4 is 20.5 Å². The SMILES string of the molecule is CC(=O)CCCCC[C@H](NS(=O)(=O)c1sc(NC(C)=O)nc1C)C1=NC=C(c2ccccc2)[NH2+]1.O=C([O-])C(F)(F)F. The number of benzene rings is 1. The number of hydrogen-bond acceptors (Lipinski definition) is 9. The minimum atomic E-state index is -5.19. The van der Waals surface area contributed by atoms with Gasteiger partial charge >= 0.3 is 6.18 Å². The van der Waals surface area contributed by atoms with Crippen LogP contribution in [0.3, 0.4) is 0 Å². The second-order valence-corrected chi connectivity index (χ2v) is 11.9. The van der Waals surface area contributed by atoms with Crippen LogP contribution >= 0.6 is 11.3 Å². The summed E-state index contributed by atoms with van der Waals surface area (Å²) < 4.78 is 60.9. The number of Topliss-reactive ketones (excluding diaryl/α,β-unsaturated/α-hetero) is 1. The van der Waals surface area contributed by atoms with Gasteiger partial charge in [0.2, 0.25) is 11.7 Å². The molecule has 0 saturated heterocycles. The second kappa shape index (κ2) is 15.0. The quantitative estimate of drug-likeness (QED) is 0.305. The number of nitrogens with zero attached hydrogens (tertiary/aromatic N) is 2. The summed E-state index contributed by atoms with van der Waals surface area (Å²) in [4.78, 5) is 40.0. The Hall–Kier alpha value is -3.47. The van der Waals surface area contributed by atoms with Gasteiger partial charge in [0.15, 0.2) is 15.0 Å². The lowest BCUT2D eigenvalue weighted by Gasteiger charge is -2.17. The van der Waals surface area contributed by atoms with Gasteiger partial charge in [-0.05, 0) is 38.8 Å². The average molecular weight is 618 g/mol. The number of thiazole rings is 1. The van der Waals surface area contributed by atoms with Crippen LogP contribution in [0.15, 0.2) is 45.7 Å². The second-order valence-electron chi connectivity index (χ2n) is 8.98. The molecule has 1 aliphatic heterocycles. The van der Waals surface area contributed by atoms with Crippen molar-refractivity contribution in [3.8, 4) is 0 Å². The summed E-state index contributed by atoms with van der Waals surface area (Å²) in [6, 6.07) is 9.24. The highest BCUT2D eigenvalue weighted by atomic mass is 32.2. The number of carbonyl (C=O) groups excluding carboxylic acids is 3. The number of nitrogens with one attached hydrogen (secondary N) is 2. The van der Waals surface area contributed by atoms with Crippen molar-refractivity contribution in [3.63, 3.8) is 0 Å². The molecule has 0 fully saturated rings. The molecule has 0 saturated carbocycles.